The molecule has 0 aromatic carbocycles. The van der Waals surface area contributed by atoms with Crippen molar-refractivity contribution in [1.29, 1.82) is 0 Å². The van der Waals surface area contributed by atoms with Gasteiger partial charge >= 0.3 is 6.18 Å². The quantitative estimate of drug-likeness (QED) is 0.688. The monoisotopic (exact) mass is 420 g/mol. The Kier molecular flexibility index (Phi) is 4.06. The van der Waals surface area contributed by atoms with Crippen molar-refractivity contribution in [2.45, 2.75) is 25.9 Å². The lowest BCUT2D eigenvalue weighted by molar-refractivity contribution is -0.203. The van der Waals surface area contributed by atoms with Gasteiger partial charge in [0.05, 0.1) is 23.4 Å². The molecule has 2 aliphatic rings. The van der Waals surface area contributed by atoms with Crippen LogP contribution in [0, 0.1) is 24.7 Å². The second-order valence-corrected chi connectivity index (χ2v) is 8.05. The Balaban J connectivity index is 1.43. The van der Waals surface area contributed by atoms with Crippen LogP contribution in [-0.2, 0) is 0 Å². The zero-order valence-electron chi connectivity index (χ0n) is 16.1. The number of amides is 1. The van der Waals surface area contributed by atoms with Gasteiger partial charge in [0.2, 0.25) is 5.95 Å². The number of H-pyrrole nitrogens is 1. The number of rotatable bonds is 2. The van der Waals surface area contributed by atoms with Crippen molar-refractivity contribution in [2.24, 2.45) is 17.8 Å². The lowest BCUT2D eigenvalue weighted by atomic mass is 9.84. The summed E-state index contributed by atoms with van der Waals surface area (Å²) in [5.41, 5.74) is 0.775. The molecule has 1 aliphatic heterocycles. The van der Waals surface area contributed by atoms with Gasteiger partial charge in [-0.3, -0.25) is 14.6 Å². The van der Waals surface area contributed by atoms with Crippen LogP contribution in [0.25, 0.3) is 11.5 Å². The maximum atomic E-state index is 13.4. The van der Waals surface area contributed by atoms with E-state index < -0.39 is 23.9 Å². The summed E-state index contributed by atoms with van der Waals surface area (Å²) < 4.78 is 42.8. The second kappa shape index (κ2) is 6.44. The largest absolute Gasteiger partial charge is 0.392 e. The number of likely N-dealkylation sites (tertiary alicyclic amines) is 1. The van der Waals surface area contributed by atoms with Crippen LogP contribution in [0.5, 0.6) is 0 Å². The van der Waals surface area contributed by atoms with Crippen molar-refractivity contribution in [1.82, 2.24) is 29.3 Å². The molecule has 2 unspecified atom stereocenters. The molecular formula is C19H19F3N6O2. The Labute approximate surface area is 168 Å². The molecule has 0 radical (unpaired) electrons. The van der Waals surface area contributed by atoms with Crippen molar-refractivity contribution in [2.75, 3.05) is 13.1 Å². The van der Waals surface area contributed by atoms with Gasteiger partial charge in [-0.15, -0.1) is 5.10 Å². The summed E-state index contributed by atoms with van der Waals surface area (Å²) in [7, 11) is 0. The predicted molar refractivity (Wildman–Crippen MR) is 99.3 cm³/mol. The fourth-order valence-corrected chi connectivity index (χ4v) is 4.95. The van der Waals surface area contributed by atoms with E-state index in [9.17, 15) is 22.8 Å². The van der Waals surface area contributed by atoms with E-state index in [1.54, 1.807) is 25.3 Å². The number of hydrogen-bond donors (Lipinski definition) is 1. The van der Waals surface area contributed by atoms with Crippen molar-refractivity contribution in [3.8, 4) is 5.95 Å². The van der Waals surface area contributed by atoms with Crippen LogP contribution in [0.15, 0.2) is 29.3 Å². The number of carbonyl (C=O) groups is 1. The number of halogens is 3. The van der Waals surface area contributed by atoms with E-state index in [-0.39, 0.29) is 36.1 Å². The van der Waals surface area contributed by atoms with Crippen LogP contribution in [0.1, 0.15) is 28.9 Å². The minimum Gasteiger partial charge on any atom is -0.338 e. The molecule has 0 spiro atoms. The number of carbonyl (C=O) groups excluding carboxylic acids is 1. The summed E-state index contributed by atoms with van der Waals surface area (Å²) in [5.74, 6) is -2.64. The highest BCUT2D eigenvalue weighted by Crippen LogP contribution is 2.50. The maximum absolute atomic E-state index is 13.4. The highest BCUT2D eigenvalue weighted by Gasteiger charge is 2.55. The van der Waals surface area contributed by atoms with Gasteiger partial charge in [0, 0.05) is 19.3 Å². The average Bonchev–Trinajstić information content (AvgIpc) is 3.37. The van der Waals surface area contributed by atoms with E-state index in [0.29, 0.717) is 24.1 Å². The van der Waals surface area contributed by atoms with Crippen molar-refractivity contribution in [3.63, 3.8) is 0 Å². The molecule has 5 rings (SSSR count). The average molecular weight is 420 g/mol. The number of alkyl halides is 3. The normalized spacial score (nSPS) is 24.0. The Morgan fingerprint density at radius 2 is 1.93 bits per heavy atom. The van der Waals surface area contributed by atoms with Crippen LogP contribution in [0.3, 0.4) is 0 Å². The molecule has 2 atom stereocenters. The zero-order valence-corrected chi connectivity index (χ0v) is 16.1. The van der Waals surface area contributed by atoms with E-state index in [2.05, 4.69) is 15.2 Å². The molecule has 30 heavy (non-hydrogen) atoms. The Morgan fingerprint density at radius 1 is 1.23 bits per heavy atom. The van der Waals surface area contributed by atoms with E-state index in [4.69, 9.17) is 0 Å². The predicted octanol–water partition coefficient (Wildman–Crippen LogP) is 2.18. The van der Waals surface area contributed by atoms with Crippen LogP contribution in [0.2, 0.25) is 0 Å². The molecule has 8 nitrogen and oxygen atoms in total. The minimum absolute atomic E-state index is 0.0918. The number of aromatic nitrogens is 5. The standard InChI is InChI=1S/C19H19F3N6O2/c1-10-13(7-23-28(10)18-24-16(29)14-3-2-6-27(14)25-18)17(30)26-8-11-4-5-12(9-26)15(11)19(20,21)22/h2-3,6-7,11-12,15H,4-5,8-9H2,1H3,(H,24,25,29). The Morgan fingerprint density at radius 3 is 2.60 bits per heavy atom. The third kappa shape index (κ3) is 2.83. The molecule has 11 heteroatoms. The molecular weight excluding hydrogens is 401 g/mol. The van der Waals surface area contributed by atoms with Gasteiger partial charge in [-0.2, -0.15) is 18.3 Å². The number of aromatic amines is 1. The molecule has 3 aromatic rings. The highest BCUT2D eigenvalue weighted by atomic mass is 19.4. The van der Waals surface area contributed by atoms with Crippen molar-refractivity contribution >= 4 is 11.4 Å². The van der Waals surface area contributed by atoms with Crippen LogP contribution < -0.4 is 5.56 Å². The summed E-state index contributed by atoms with van der Waals surface area (Å²) in [4.78, 5) is 29.4. The van der Waals surface area contributed by atoms with Crippen LogP contribution >= 0.6 is 0 Å². The summed E-state index contributed by atoms with van der Waals surface area (Å²) in [5, 5.41) is 8.48. The number of hydrogen-bond acceptors (Lipinski definition) is 4. The topological polar surface area (TPSA) is 88.3 Å². The van der Waals surface area contributed by atoms with Crippen molar-refractivity contribution in [3.05, 3.63) is 46.1 Å². The Bertz CT molecular complexity index is 1180. The first-order chi connectivity index (χ1) is 14.2. The summed E-state index contributed by atoms with van der Waals surface area (Å²) in [6, 6.07) is 3.31. The molecule has 1 saturated carbocycles. The second-order valence-electron chi connectivity index (χ2n) is 8.05. The number of nitrogens with one attached hydrogen (secondary N) is 1. The van der Waals surface area contributed by atoms with E-state index >= 15 is 0 Å². The minimum atomic E-state index is -4.23. The van der Waals surface area contributed by atoms with Gasteiger partial charge in [-0.1, -0.05) is 0 Å². The molecule has 3 aromatic heterocycles. The summed E-state index contributed by atoms with van der Waals surface area (Å²) in [6.45, 7) is 1.85. The molecule has 1 aliphatic carbocycles. The summed E-state index contributed by atoms with van der Waals surface area (Å²) >= 11 is 0. The molecule has 1 amide bonds. The van der Waals surface area contributed by atoms with Crippen LogP contribution in [0.4, 0.5) is 13.2 Å². The Hall–Kier alpha value is -3.11. The van der Waals surface area contributed by atoms with Gasteiger partial charge in [-0.05, 0) is 43.7 Å². The first kappa shape index (κ1) is 18.9. The first-order valence-electron chi connectivity index (χ1n) is 9.72. The molecule has 2 fully saturated rings. The molecule has 4 heterocycles. The highest BCUT2D eigenvalue weighted by molar-refractivity contribution is 5.95. The van der Waals surface area contributed by atoms with Gasteiger partial charge in [-0.25, -0.2) is 9.20 Å². The number of fused-ring (bicyclic) bond motifs is 3. The SMILES string of the molecule is Cc1c(C(=O)N2CC3CCC(C2)C3C(F)(F)F)cnn1-c1nn2cccc2c(=O)[nH]1. The van der Waals surface area contributed by atoms with E-state index in [1.807, 2.05) is 0 Å². The van der Waals surface area contributed by atoms with E-state index in [0.717, 1.165) is 0 Å². The molecule has 158 valence electrons. The lowest BCUT2D eigenvalue weighted by Gasteiger charge is -2.38. The summed E-state index contributed by atoms with van der Waals surface area (Å²) in [6.07, 6.45) is -0.261. The van der Waals surface area contributed by atoms with Gasteiger partial charge < -0.3 is 4.90 Å². The van der Waals surface area contributed by atoms with Gasteiger partial charge in [0.15, 0.2) is 0 Å². The van der Waals surface area contributed by atoms with Crippen LogP contribution in [-0.4, -0.2) is 54.5 Å². The lowest BCUT2D eigenvalue weighted by Crippen LogP contribution is -2.49. The number of piperidine rings is 1. The molecule has 2 bridgehead atoms. The van der Waals surface area contributed by atoms with E-state index in [1.165, 1.54) is 20.3 Å². The zero-order chi connectivity index (χ0) is 21.2. The fourth-order valence-electron chi connectivity index (χ4n) is 4.95. The smallest absolute Gasteiger partial charge is 0.338 e. The fraction of sp³-hybridized carbons (Fsp3) is 0.474. The number of nitrogens with zero attached hydrogens (tertiary/aromatic N) is 5. The molecule has 1 saturated heterocycles. The van der Waals surface area contributed by atoms with Gasteiger partial charge in [0.1, 0.15) is 5.52 Å². The first-order valence-corrected chi connectivity index (χ1v) is 9.72. The molecule has 1 N–H and O–H groups in total. The third-order valence-corrected chi connectivity index (χ3v) is 6.33. The third-order valence-electron chi connectivity index (χ3n) is 6.33. The van der Waals surface area contributed by atoms with Gasteiger partial charge in [0.25, 0.3) is 11.5 Å². The maximum Gasteiger partial charge on any atom is 0.392 e. The van der Waals surface area contributed by atoms with Crippen molar-refractivity contribution < 1.29 is 18.0 Å².